The lowest BCUT2D eigenvalue weighted by Gasteiger charge is -2.24. The number of ether oxygens (including phenoxy) is 2. The molecule has 1 amide bonds. The van der Waals surface area contributed by atoms with E-state index in [1.165, 1.54) is 18.2 Å². The van der Waals surface area contributed by atoms with Crippen molar-refractivity contribution in [1.29, 1.82) is 0 Å². The minimum atomic E-state index is -0.430. The smallest absolute Gasteiger partial charge is 0.274 e. The summed E-state index contributed by atoms with van der Waals surface area (Å²) in [6, 6.07) is 11.6. The van der Waals surface area contributed by atoms with Crippen LogP contribution in [-0.2, 0) is 24.4 Å². The normalized spacial score (nSPS) is 15.6. The Morgan fingerprint density at radius 2 is 2.14 bits per heavy atom. The van der Waals surface area contributed by atoms with Gasteiger partial charge in [-0.05, 0) is 35.4 Å². The first-order chi connectivity index (χ1) is 14.0. The minimum Gasteiger partial charge on any atom is -0.497 e. The van der Waals surface area contributed by atoms with Crippen LogP contribution in [0.4, 0.5) is 4.39 Å². The van der Waals surface area contributed by atoms with E-state index in [9.17, 15) is 9.18 Å². The van der Waals surface area contributed by atoms with E-state index in [0.29, 0.717) is 17.8 Å². The summed E-state index contributed by atoms with van der Waals surface area (Å²) in [5.41, 5.74) is 2.41. The van der Waals surface area contributed by atoms with Gasteiger partial charge in [-0.25, -0.2) is 9.07 Å². The number of hydrogen-bond donors (Lipinski definition) is 1. The van der Waals surface area contributed by atoms with Gasteiger partial charge in [0.2, 0.25) is 0 Å². The van der Waals surface area contributed by atoms with Crippen LogP contribution >= 0.6 is 11.6 Å². The van der Waals surface area contributed by atoms with Gasteiger partial charge in [0.05, 0.1) is 26.0 Å². The number of hydrogen-bond acceptors (Lipinski definition) is 5. The molecule has 0 fully saturated rings. The van der Waals surface area contributed by atoms with Crippen molar-refractivity contribution in [3.05, 3.63) is 75.8 Å². The Kier molecular flexibility index (Phi) is 5.46. The van der Waals surface area contributed by atoms with Crippen LogP contribution in [-0.4, -0.2) is 28.0 Å². The Labute approximate surface area is 171 Å². The van der Waals surface area contributed by atoms with Crippen molar-refractivity contribution >= 4 is 17.5 Å². The standard InChI is InChI=1S/C20H18ClFN4O3/c1-28-15-6-3-12(4-7-15)18-10-26-17(11-29-18)19(24-25-26)20(27)23-9-13-2-5-14(22)8-16(13)21/h2-8,18H,9-11H2,1H3,(H,23,27)/t18-/m1/s1. The highest BCUT2D eigenvalue weighted by atomic mass is 35.5. The van der Waals surface area contributed by atoms with Gasteiger partial charge in [0.15, 0.2) is 5.69 Å². The molecule has 0 aliphatic carbocycles. The molecule has 7 nitrogen and oxygen atoms in total. The quantitative estimate of drug-likeness (QED) is 0.690. The van der Waals surface area contributed by atoms with Gasteiger partial charge in [0.25, 0.3) is 5.91 Å². The molecule has 1 aromatic heterocycles. The van der Waals surface area contributed by atoms with Gasteiger partial charge in [0.1, 0.15) is 17.7 Å². The maximum Gasteiger partial charge on any atom is 0.274 e. The van der Waals surface area contributed by atoms with Crippen LogP contribution in [0.5, 0.6) is 5.75 Å². The Hall–Kier alpha value is -2.97. The number of benzene rings is 2. The molecule has 29 heavy (non-hydrogen) atoms. The van der Waals surface area contributed by atoms with Gasteiger partial charge < -0.3 is 14.8 Å². The van der Waals surface area contributed by atoms with E-state index in [4.69, 9.17) is 21.1 Å². The molecule has 0 radical (unpaired) electrons. The molecule has 2 heterocycles. The van der Waals surface area contributed by atoms with Gasteiger partial charge in [0, 0.05) is 11.6 Å². The monoisotopic (exact) mass is 416 g/mol. The Morgan fingerprint density at radius 3 is 2.86 bits per heavy atom. The van der Waals surface area contributed by atoms with E-state index < -0.39 is 11.7 Å². The molecule has 0 saturated carbocycles. The number of amides is 1. The maximum atomic E-state index is 13.1. The lowest BCUT2D eigenvalue weighted by molar-refractivity contribution is -0.00179. The summed E-state index contributed by atoms with van der Waals surface area (Å²) >= 11 is 6.00. The number of fused-ring (bicyclic) bond motifs is 1. The second-order valence-electron chi connectivity index (χ2n) is 6.56. The molecule has 1 aliphatic heterocycles. The molecule has 3 aromatic rings. The Balaban J connectivity index is 1.43. The summed E-state index contributed by atoms with van der Waals surface area (Å²) in [5.74, 6) is -0.0506. The zero-order valence-electron chi connectivity index (χ0n) is 15.6. The SMILES string of the molecule is COc1ccc([C@H]2Cn3nnc(C(=O)NCc4ccc(F)cc4Cl)c3CO2)cc1. The average molecular weight is 417 g/mol. The van der Waals surface area contributed by atoms with Crippen molar-refractivity contribution in [2.45, 2.75) is 25.8 Å². The summed E-state index contributed by atoms with van der Waals surface area (Å²) in [6.07, 6.45) is -0.191. The van der Waals surface area contributed by atoms with Crippen LogP contribution in [0.3, 0.4) is 0 Å². The van der Waals surface area contributed by atoms with Gasteiger partial charge in [-0.1, -0.05) is 35.0 Å². The maximum absolute atomic E-state index is 13.1. The number of nitrogens with zero attached hydrogens (tertiary/aromatic N) is 3. The molecular weight excluding hydrogens is 399 g/mol. The molecule has 4 rings (SSSR count). The third-order valence-electron chi connectivity index (χ3n) is 4.75. The number of carbonyl (C=O) groups excluding carboxylic acids is 1. The van der Waals surface area contributed by atoms with E-state index in [0.717, 1.165) is 11.3 Å². The highest BCUT2D eigenvalue weighted by Crippen LogP contribution is 2.28. The first-order valence-electron chi connectivity index (χ1n) is 8.95. The molecule has 150 valence electrons. The molecule has 1 aliphatic rings. The van der Waals surface area contributed by atoms with E-state index in [1.807, 2.05) is 24.3 Å². The number of methoxy groups -OCH3 is 1. The van der Waals surface area contributed by atoms with Crippen LogP contribution in [0, 0.1) is 5.82 Å². The minimum absolute atomic E-state index is 0.152. The van der Waals surface area contributed by atoms with Crippen molar-refractivity contribution in [3.63, 3.8) is 0 Å². The average Bonchev–Trinajstić information content (AvgIpc) is 3.16. The van der Waals surface area contributed by atoms with Crippen molar-refractivity contribution in [1.82, 2.24) is 20.3 Å². The molecule has 0 unspecified atom stereocenters. The molecule has 1 N–H and O–H groups in total. The fourth-order valence-electron chi connectivity index (χ4n) is 3.13. The van der Waals surface area contributed by atoms with Crippen LogP contribution in [0.2, 0.25) is 5.02 Å². The molecule has 0 spiro atoms. The predicted octanol–water partition coefficient (Wildman–Crippen LogP) is 3.28. The first-order valence-corrected chi connectivity index (χ1v) is 9.33. The summed E-state index contributed by atoms with van der Waals surface area (Å²) < 4.78 is 25.9. The van der Waals surface area contributed by atoms with E-state index in [-0.39, 0.29) is 30.0 Å². The summed E-state index contributed by atoms with van der Waals surface area (Å²) in [5, 5.41) is 11.1. The fraction of sp³-hybridized carbons (Fsp3) is 0.250. The highest BCUT2D eigenvalue weighted by molar-refractivity contribution is 6.31. The summed E-state index contributed by atoms with van der Waals surface area (Å²) in [6.45, 7) is 0.815. The van der Waals surface area contributed by atoms with Crippen LogP contribution in [0.15, 0.2) is 42.5 Å². The molecular formula is C20H18ClFN4O3. The lowest BCUT2D eigenvalue weighted by atomic mass is 10.1. The number of carbonyl (C=O) groups is 1. The summed E-state index contributed by atoms with van der Waals surface area (Å²) in [4.78, 5) is 12.5. The Bertz CT molecular complexity index is 1040. The van der Waals surface area contributed by atoms with Crippen LogP contribution < -0.4 is 10.1 Å². The predicted molar refractivity (Wildman–Crippen MR) is 103 cm³/mol. The van der Waals surface area contributed by atoms with Crippen molar-refractivity contribution in [3.8, 4) is 5.75 Å². The van der Waals surface area contributed by atoms with Crippen molar-refractivity contribution in [2.24, 2.45) is 0 Å². The van der Waals surface area contributed by atoms with Crippen LogP contribution in [0.25, 0.3) is 0 Å². The van der Waals surface area contributed by atoms with E-state index >= 15 is 0 Å². The molecule has 1 atom stereocenters. The molecule has 0 bridgehead atoms. The van der Waals surface area contributed by atoms with Crippen molar-refractivity contribution in [2.75, 3.05) is 7.11 Å². The number of nitrogens with one attached hydrogen (secondary N) is 1. The number of halogens is 2. The second-order valence-corrected chi connectivity index (χ2v) is 6.97. The zero-order valence-corrected chi connectivity index (χ0v) is 16.3. The largest absolute Gasteiger partial charge is 0.497 e. The molecule has 0 saturated heterocycles. The van der Waals surface area contributed by atoms with Crippen molar-refractivity contribution < 1.29 is 18.7 Å². The van der Waals surface area contributed by atoms with Crippen LogP contribution in [0.1, 0.15) is 33.4 Å². The third-order valence-corrected chi connectivity index (χ3v) is 5.11. The summed E-state index contributed by atoms with van der Waals surface area (Å²) in [7, 11) is 1.62. The fourth-order valence-corrected chi connectivity index (χ4v) is 3.37. The zero-order chi connectivity index (χ0) is 20.4. The van der Waals surface area contributed by atoms with Gasteiger partial charge in [-0.15, -0.1) is 5.10 Å². The van der Waals surface area contributed by atoms with Gasteiger partial charge in [-0.3, -0.25) is 4.79 Å². The lowest BCUT2D eigenvalue weighted by Crippen LogP contribution is -2.27. The highest BCUT2D eigenvalue weighted by Gasteiger charge is 2.27. The molecule has 2 aromatic carbocycles. The number of aromatic nitrogens is 3. The van der Waals surface area contributed by atoms with E-state index in [1.54, 1.807) is 11.8 Å². The molecule has 9 heteroatoms. The third kappa shape index (κ3) is 4.08. The second kappa shape index (κ2) is 8.18. The number of rotatable bonds is 5. The first kappa shape index (κ1) is 19.4. The Morgan fingerprint density at radius 1 is 1.34 bits per heavy atom. The topological polar surface area (TPSA) is 78.3 Å². The van der Waals surface area contributed by atoms with E-state index in [2.05, 4.69) is 15.6 Å². The van der Waals surface area contributed by atoms with Gasteiger partial charge >= 0.3 is 0 Å². The van der Waals surface area contributed by atoms with Gasteiger partial charge in [-0.2, -0.15) is 0 Å².